The summed E-state index contributed by atoms with van der Waals surface area (Å²) in [6, 6.07) is 10.3. The van der Waals surface area contributed by atoms with Crippen LogP contribution in [0.2, 0.25) is 0 Å². The Morgan fingerprint density at radius 2 is 1.82 bits per heavy atom. The van der Waals surface area contributed by atoms with Crippen molar-refractivity contribution in [2.75, 3.05) is 0 Å². The first-order valence-corrected chi connectivity index (χ1v) is 7.06. The number of nitrogens with one attached hydrogen (secondary N) is 1. The quantitative estimate of drug-likeness (QED) is 0.760. The van der Waals surface area contributed by atoms with E-state index in [2.05, 4.69) is 4.98 Å². The summed E-state index contributed by atoms with van der Waals surface area (Å²) in [5.74, 6) is -1.30. The van der Waals surface area contributed by atoms with Crippen LogP contribution in [0.25, 0.3) is 22.2 Å². The summed E-state index contributed by atoms with van der Waals surface area (Å²) < 4.78 is 14.2. The minimum absolute atomic E-state index is 0.145. The lowest BCUT2D eigenvalue weighted by Gasteiger charge is -2.05. The molecule has 2 N–H and O–H groups in total. The monoisotopic (exact) mass is 297 g/mol. The number of halogens is 1. The van der Waals surface area contributed by atoms with Gasteiger partial charge in [0.25, 0.3) is 0 Å². The van der Waals surface area contributed by atoms with Crippen LogP contribution in [-0.2, 0) is 11.2 Å². The predicted molar refractivity (Wildman–Crippen MR) is 84.5 cm³/mol. The molecule has 3 nitrogen and oxygen atoms in total. The number of carboxylic acid groups (broad SMARTS) is 1. The van der Waals surface area contributed by atoms with Gasteiger partial charge in [0.1, 0.15) is 5.82 Å². The summed E-state index contributed by atoms with van der Waals surface area (Å²) >= 11 is 0. The molecule has 0 saturated carbocycles. The molecule has 1 aromatic heterocycles. The molecule has 2 aromatic carbocycles. The van der Waals surface area contributed by atoms with Crippen LogP contribution >= 0.6 is 0 Å². The second kappa shape index (κ2) is 5.30. The molecule has 0 radical (unpaired) electrons. The molecule has 0 aliphatic rings. The van der Waals surface area contributed by atoms with Crippen molar-refractivity contribution >= 4 is 16.9 Å². The molecule has 1 heterocycles. The fourth-order valence-corrected chi connectivity index (χ4v) is 2.91. The van der Waals surface area contributed by atoms with Gasteiger partial charge in [-0.2, -0.15) is 0 Å². The average molecular weight is 297 g/mol. The number of aromatic amines is 1. The van der Waals surface area contributed by atoms with Crippen molar-refractivity contribution in [1.29, 1.82) is 0 Å². The average Bonchev–Trinajstić information content (AvgIpc) is 2.83. The topological polar surface area (TPSA) is 53.1 Å². The van der Waals surface area contributed by atoms with Crippen molar-refractivity contribution in [1.82, 2.24) is 4.98 Å². The highest BCUT2D eigenvalue weighted by atomic mass is 19.1. The lowest BCUT2D eigenvalue weighted by atomic mass is 9.98. The van der Waals surface area contributed by atoms with Crippen LogP contribution in [0.4, 0.5) is 4.39 Å². The van der Waals surface area contributed by atoms with Gasteiger partial charge in [0.2, 0.25) is 0 Å². The van der Waals surface area contributed by atoms with Gasteiger partial charge in [0.15, 0.2) is 0 Å². The molecule has 22 heavy (non-hydrogen) atoms. The van der Waals surface area contributed by atoms with Crippen LogP contribution in [0.3, 0.4) is 0 Å². The van der Waals surface area contributed by atoms with E-state index < -0.39 is 5.97 Å². The Labute approximate surface area is 127 Å². The molecule has 0 bridgehead atoms. The first kappa shape index (κ1) is 14.3. The van der Waals surface area contributed by atoms with Crippen molar-refractivity contribution < 1.29 is 14.3 Å². The molecule has 112 valence electrons. The third-order valence-electron chi connectivity index (χ3n) is 3.95. The number of benzene rings is 2. The molecule has 4 heteroatoms. The maximum absolute atomic E-state index is 14.2. The van der Waals surface area contributed by atoms with Gasteiger partial charge < -0.3 is 10.1 Å². The van der Waals surface area contributed by atoms with Crippen molar-refractivity contribution in [2.24, 2.45) is 0 Å². The highest BCUT2D eigenvalue weighted by Gasteiger charge is 2.20. The van der Waals surface area contributed by atoms with Crippen molar-refractivity contribution in [2.45, 2.75) is 20.3 Å². The van der Waals surface area contributed by atoms with Crippen molar-refractivity contribution in [3.8, 4) is 11.3 Å². The number of rotatable bonds is 3. The molecule has 0 unspecified atom stereocenters. The van der Waals surface area contributed by atoms with Crippen LogP contribution < -0.4 is 0 Å². The second-order valence-electron chi connectivity index (χ2n) is 5.48. The highest BCUT2D eigenvalue weighted by molar-refractivity contribution is 5.97. The molecule has 0 amide bonds. The van der Waals surface area contributed by atoms with E-state index in [4.69, 9.17) is 0 Å². The molecule has 0 spiro atoms. The highest BCUT2D eigenvalue weighted by Crippen LogP contribution is 2.35. The Morgan fingerprint density at radius 3 is 2.50 bits per heavy atom. The van der Waals surface area contributed by atoms with Gasteiger partial charge in [-0.1, -0.05) is 24.3 Å². The Hall–Kier alpha value is -2.62. The fraction of sp³-hybridized carbons (Fsp3) is 0.167. The van der Waals surface area contributed by atoms with E-state index in [9.17, 15) is 14.3 Å². The van der Waals surface area contributed by atoms with Gasteiger partial charge in [-0.3, -0.25) is 4.79 Å². The molecule has 3 rings (SSSR count). The molecule has 0 saturated heterocycles. The fourth-order valence-electron chi connectivity index (χ4n) is 2.91. The Morgan fingerprint density at radius 1 is 1.14 bits per heavy atom. The van der Waals surface area contributed by atoms with E-state index in [1.807, 2.05) is 26.0 Å². The molecular formula is C18H16FNO2. The predicted octanol–water partition coefficient (Wildman–Crippen LogP) is 4.22. The molecule has 3 aromatic rings. The number of aliphatic carboxylic acids is 1. The number of carboxylic acids is 1. The maximum Gasteiger partial charge on any atom is 0.307 e. The Bertz CT molecular complexity index is 880. The number of aryl methyl sites for hydroxylation is 2. The zero-order valence-electron chi connectivity index (χ0n) is 12.4. The number of fused-ring (bicyclic) bond motifs is 1. The standard InChI is InChI=1S/C18H16FNO2/c1-10-7-8-11(2)17-16(10)13(9-15(21)22)18(20-17)12-5-3-4-6-14(12)19/h3-8,20H,9H2,1-2H3,(H,21,22). The first-order valence-electron chi connectivity index (χ1n) is 7.06. The van der Waals surface area contributed by atoms with E-state index in [0.717, 1.165) is 22.0 Å². The minimum Gasteiger partial charge on any atom is -0.481 e. The zero-order chi connectivity index (χ0) is 15.9. The summed E-state index contributed by atoms with van der Waals surface area (Å²) in [5, 5.41) is 10.1. The summed E-state index contributed by atoms with van der Waals surface area (Å²) in [5.41, 5.74) is 4.44. The van der Waals surface area contributed by atoms with Gasteiger partial charge in [-0.15, -0.1) is 0 Å². The second-order valence-corrected chi connectivity index (χ2v) is 5.48. The maximum atomic E-state index is 14.2. The molecular weight excluding hydrogens is 281 g/mol. The van der Waals surface area contributed by atoms with Crippen LogP contribution in [0.5, 0.6) is 0 Å². The number of hydrogen-bond acceptors (Lipinski definition) is 1. The largest absolute Gasteiger partial charge is 0.481 e. The lowest BCUT2D eigenvalue weighted by molar-refractivity contribution is -0.136. The van der Waals surface area contributed by atoms with Gasteiger partial charge in [-0.25, -0.2) is 4.39 Å². The molecule has 0 atom stereocenters. The Balaban J connectivity index is 2.39. The van der Waals surface area contributed by atoms with Crippen molar-refractivity contribution in [3.63, 3.8) is 0 Å². The van der Waals surface area contributed by atoms with E-state index >= 15 is 0 Å². The summed E-state index contributed by atoms with van der Waals surface area (Å²) in [4.78, 5) is 14.5. The van der Waals surface area contributed by atoms with E-state index in [1.165, 1.54) is 6.07 Å². The van der Waals surface area contributed by atoms with E-state index in [0.29, 0.717) is 16.8 Å². The number of H-pyrrole nitrogens is 1. The van der Waals surface area contributed by atoms with Crippen LogP contribution in [0.15, 0.2) is 36.4 Å². The minimum atomic E-state index is -0.931. The van der Waals surface area contributed by atoms with Crippen LogP contribution in [0, 0.1) is 19.7 Å². The summed E-state index contributed by atoms with van der Waals surface area (Å²) in [7, 11) is 0. The third-order valence-corrected chi connectivity index (χ3v) is 3.95. The van der Waals surface area contributed by atoms with Crippen LogP contribution in [0.1, 0.15) is 16.7 Å². The van der Waals surface area contributed by atoms with Crippen molar-refractivity contribution in [3.05, 3.63) is 58.9 Å². The number of aromatic nitrogens is 1. The molecule has 0 aliphatic carbocycles. The third kappa shape index (κ3) is 2.26. The van der Waals surface area contributed by atoms with E-state index in [1.54, 1.807) is 18.2 Å². The SMILES string of the molecule is Cc1ccc(C)c2c(CC(=O)O)c(-c3ccccc3F)[nH]c12. The van der Waals surface area contributed by atoms with Gasteiger partial charge in [0, 0.05) is 16.5 Å². The number of carbonyl (C=O) groups is 1. The lowest BCUT2D eigenvalue weighted by Crippen LogP contribution is -2.02. The van der Waals surface area contributed by atoms with Gasteiger partial charge in [-0.05, 0) is 42.7 Å². The normalized spacial score (nSPS) is 11.0. The number of hydrogen-bond donors (Lipinski definition) is 2. The zero-order valence-corrected chi connectivity index (χ0v) is 12.4. The van der Waals surface area contributed by atoms with E-state index in [-0.39, 0.29) is 12.2 Å². The van der Waals surface area contributed by atoms with Crippen LogP contribution in [-0.4, -0.2) is 16.1 Å². The Kier molecular flexibility index (Phi) is 3.45. The molecule has 0 fully saturated rings. The summed E-state index contributed by atoms with van der Waals surface area (Å²) in [6.07, 6.45) is -0.145. The molecule has 0 aliphatic heterocycles. The first-order chi connectivity index (χ1) is 10.5. The summed E-state index contributed by atoms with van der Waals surface area (Å²) in [6.45, 7) is 3.89. The smallest absolute Gasteiger partial charge is 0.307 e. The van der Waals surface area contributed by atoms with Gasteiger partial charge in [0.05, 0.1) is 12.1 Å². The van der Waals surface area contributed by atoms with Gasteiger partial charge >= 0.3 is 5.97 Å².